The van der Waals surface area contributed by atoms with Gasteiger partial charge in [0.2, 0.25) is 5.91 Å². The number of halogens is 3. The third kappa shape index (κ3) is 4.22. The first-order valence-electron chi connectivity index (χ1n) is 7.96. The van der Waals surface area contributed by atoms with E-state index in [2.05, 4.69) is 22.0 Å². The SMILES string of the molecule is C=CC(=O)NCc1cnc(-c2cccc(F)c2)cc1-c1ccn(C(F)F)n1. The van der Waals surface area contributed by atoms with Gasteiger partial charge in [-0.25, -0.2) is 9.07 Å². The minimum atomic E-state index is -2.77. The normalized spacial score (nSPS) is 10.8. The lowest BCUT2D eigenvalue weighted by Crippen LogP contribution is -2.20. The van der Waals surface area contributed by atoms with Gasteiger partial charge in [0.05, 0.1) is 11.4 Å². The highest BCUT2D eigenvalue weighted by Gasteiger charge is 2.15. The van der Waals surface area contributed by atoms with E-state index in [0.717, 1.165) is 12.3 Å². The molecular formula is C19H15F3N4O. The highest BCUT2D eigenvalue weighted by Crippen LogP contribution is 2.28. The Labute approximate surface area is 153 Å². The number of nitrogens with one attached hydrogen (secondary N) is 1. The van der Waals surface area contributed by atoms with Gasteiger partial charge in [0.1, 0.15) is 5.82 Å². The number of carbonyl (C=O) groups is 1. The molecule has 0 fully saturated rings. The van der Waals surface area contributed by atoms with E-state index >= 15 is 0 Å². The third-order valence-electron chi connectivity index (χ3n) is 3.83. The molecule has 2 heterocycles. The second-order valence-corrected chi connectivity index (χ2v) is 5.62. The van der Waals surface area contributed by atoms with Gasteiger partial charge >= 0.3 is 6.55 Å². The molecule has 8 heteroatoms. The number of hydrogen-bond acceptors (Lipinski definition) is 3. The van der Waals surface area contributed by atoms with E-state index in [0.29, 0.717) is 32.8 Å². The van der Waals surface area contributed by atoms with Gasteiger partial charge in [0.15, 0.2) is 0 Å². The van der Waals surface area contributed by atoms with Crippen LogP contribution in [0.1, 0.15) is 12.1 Å². The predicted molar refractivity (Wildman–Crippen MR) is 94.1 cm³/mol. The van der Waals surface area contributed by atoms with Crippen LogP contribution in [0.4, 0.5) is 13.2 Å². The van der Waals surface area contributed by atoms with E-state index in [-0.39, 0.29) is 12.5 Å². The van der Waals surface area contributed by atoms with Gasteiger partial charge in [0.25, 0.3) is 0 Å². The lowest BCUT2D eigenvalue weighted by atomic mass is 10.0. The first-order valence-corrected chi connectivity index (χ1v) is 7.96. The monoisotopic (exact) mass is 372 g/mol. The van der Waals surface area contributed by atoms with Gasteiger partial charge in [0, 0.05) is 30.1 Å². The maximum absolute atomic E-state index is 13.5. The summed E-state index contributed by atoms with van der Waals surface area (Å²) in [7, 11) is 0. The van der Waals surface area contributed by atoms with Crippen LogP contribution in [0.3, 0.4) is 0 Å². The fourth-order valence-electron chi connectivity index (χ4n) is 2.51. The van der Waals surface area contributed by atoms with Gasteiger partial charge in [-0.3, -0.25) is 9.78 Å². The summed E-state index contributed by atoms with van der Waals surface area (Å²) in [6.45, 7) is 0.714. The zero-order chi connectivity index (χ0) is 19.4. The van der Waals surface area contributed by atoms with Crippen LogP contribution in [0.15, 0.2) is 61.4 Å². The van der Waals surface area contributed by atoms with E-state index < -0.39 is 12.4 Å². The molecule has 3 rings (SSSR count). The average Bonchev–Trinajstić information content (AvgIpc) is 3.16. The molecule has 1 amide bonds. The molecule has 138 valence electrons. The number of aromatic nitrogens is 3. The van der Waals surface area contributed by atoms with Crippen LogP contribution in [0.25, 0.3) is 22.5 Å². The van der Waals surface area contributed by atoms with Gasteiger partial charge in [-0.15, -0.1) is 0 Å². The number of rotatable bonds is 6. The Bertz CT molecular complexity index is 985. The number of benzene rings is 1. The van der Waals surface area contributed by atoms with Crippen LogP contribution < -0.4 is 5.32 Å². The maximum atomic E-state index is 13.5. The highest BCUT2D eigenvalue weighted by molar-refractivity contribution is 5.87. The number of alkyl halides is 2. The summed E-state index contributed by atoms with van der Waals surface area (Å²) in [5.74, 6) is -0.798. The van der Waals surface area contributed by atoms with E-state index in [9.17, 15) is 18.0 Å². The van der Waals surface area contributed by atoms with Gasteiger partial charge in [-0.05, 0) is 35.9 Å². The smallest absolute Gasteiger partial charge is 0.333 e. The molecule has 27 heavy (non-hydrogen) atoms. The Morgan fingerprint density at radius 2 is 2.07 bits per heavy atom. The summed E-state index contributed by atoms with van der Waals surface area (Å²) in [5.41, 5.74) is 2.36. The molecule has 0 radical (unpaired) electrons. The summed E-state index contributed by atoms with van der Waals surface area (Å²) in [4.78, 5) is 15.7. The molecule has 0 saturated carbocycles. The second kappa shape index (κ2) is 7.86. The van der Waals surface area contributed by atoms with Crippen molar-refractivity contribution in [1.29, 1.82) is 0 Å². The molecule has 0 aliphatic heterocycles. The maximum Gasteiger partial charge on any atom is 0.333 e. The van der Waals surface area contributed by atoms with E-state index in [1.165, 1.54) is 24.4 Å². The Morgan fingerprint density at radius 1 is 1.26 bits per heavy atom. The van der Waals surface area contributed by atoms with Crippen molar-refractivity contribution in [3.8, 4) is 22.5 Å². The average molecular weight is 372 g/mol. The minimum Gasteiger partial charge on any atom is -0.348 e. The lowest BCUT2D eigenvalue weighted by Gasteiger charge is -2.11. The van der Waals surface area contributed by atoms with Crippen LogP contribution in [0.2, 0.25) is 0 Å². The van der Waals surface area contributed by atoms with Crippen LogP contribution in [0, 0.1) is 5.82 Å². The van der Waals surface area contributed by atoms with Crippen molar-refractivity contribution in [2.45, 2.75) is 13.1 Å². The molecule has 0 unspecified atom stereocenters. The van der Waals surface area contributed by atoms with Crippen molar-refractivity contribution in [1.82, 2.24) is 20.1 Å². The molecule has 2 aromatic heterocycles. The molecule has 1 aromatic carbocycles. The first kappa shape index (κ1) is 18.4. The van der Waals surface area contributed by atoms with E-state index in [1.54, 1.807) is 18.2 Å². The van der Waals surface area contributed by atoms with Crippen LogP contribution in [-0.4, -0.2) is 20.7 Å². The zero-order valence-corrected chi connectivity index (χ0v) is 14.1. The van der Waals surface area contributed by atoms with Crippen molar-refractivity contribution in [3.63, 3.8) is 0 Å². The molecule has 3 aromatic rings. The van der Waals surface area contributed by atoms with Crippen molar-refractivity contribution in [2.75, 3.05) is 0 Å². The lowest BCUT2D eigenvalue weighted by molar-refractivity contribution is -0.116. The highest BCUT2D eigenvalue weighted by atomic mass is 19.3. The van der Waals surface area contributed by atoms with Crippen molar-refractivity contribution in [3.05, 3.63) is 72.8 Å². The number of carbonyl (C=O) groups excluding carboxylic acids is 1. The van der Waals surface area contributed by atoms with Crippen molar-refractivity contribution in [2.24, 2.45) is 0 Å². The largest absolute Gasteiger partial charge is 0.348 e. The molecule has 0 saturated heterocycles. The predicted octanol–water partition coefficient (Wildman–Crippen LogP) is 3.95. The molecule has 5 nitrogen and oxygen atoms in total. The summed E-state index contributed by atoms with van der Waals surface area (Å²) in [6, 6.07) is 8.94. The topological polar surface area (TPSA) is 59.8 Å². The van der Waals surface area contributed by atoms with E-state index in [1.807, 2.05) is 0 Å². The van der Waals surface area contributed by atoms with Gasteiger partial charge in [-0.2, -0.15) is 13.9 Å². The molecular weight excluding hydrogens is 357 g/mol. The first-order chi connectivity index (χ1) is 13.0. The summed E-state index contributed by atoms with van der Waals surface area (Å²) in [6.07, 6.45) is 3.79. The van der Waals surface area contributed by atoms with E-state index in [4.69, 9.17) is 0 Å². The fraction of sp³-hybridized carbons (Fsp3) is 0.105. The van der Waals surface area contributed by atoms with Gasteiger partial charge < -0.3 is 5.32 Å². The van der Waals surface area contributed by atoms with Gasteiger partial charge in [-0.1, -0.05) is 18.7 Å². The molecule has 0 bridgehead atoms. The Kier molecular flexibility index (Phi) is 5.35. The van der Waals surface area contributed by atoms with Crippen LogP contribution >= 0.6 is 0 Å². The zero-order valence-electron chi connectivity index (χ0n) is 14.1. The number of hydrogen-bond donors (Lipinski definition) is 1. The van der Waals surface area contributed by atoms with Crippen molar-refractivity contribution >= 4 is 5.91 Å². The Morgan fingerprint density at radius 3 is 2.74 bits per heavy atom. The minimum absolute atomic E-state index is 0.109. The third-order valence-corrected chi connectivity index (χ3v) is 3.83. The number of amides is 1. The summed E-state index contributed by atoms with van der Waals surface area (Å²) in [5, 5.41) is 6.49. The number of pyridine rings is 1. The molecule has 1 N–H and O–H groups in total. The van der Waals surface area contributed by atoms with Crippen molar-refractivity contribution < 1.29 is 18.0 Å². The summed E-state index contributed by atoms with van der Waals surface area (Å²) < 4.78 is 39.8. The standard InChI is InChI=1S/C19H15F3N4O/c1-2-18(27)24-11-13-10-23-17(12-4-3-5-14(20)8-12)9-15(13)16-6-7-26(25-16)19(21)22/h2-10,19H,1,11H2,(H,24,27). The Balaban J connectivity index is 2.05. The summed E-state index contributed by atoms with van der Waals surface area (Å²) >= 11 is 0. The fourth-order valence-corrected chi connectivity index (χ4v) is 2.51. The van der Waals surface area contributed by atoms with Crippen LogP contribution in [0.5, 0.6) is 0 Å². The second-order valence-electron chi connectivity index (χ2n) is 5.62. The Hall–Kier alpha value is -3.42. The molecule has 0 spiro atoms. The van der Waals surface area contributed by atoms with Crippen LogP contribution in [-0.2, 0) is 11.3 Å². The number of nitrogens with zero attached hydrogens (tertiary/aromatic N) is 3. The quantitative estimate of drug-likeness (QED) is 0.667. The molecule has 0 atom stereocenters. The molecule has 0 aliphatic rings. The molecule has 0 aliphatic carbocycles.